The lowest BCUT2D eigenvalue weighted by atomic mass is 9.92. The number of carbonyl (C=O) groups excluding carboxylic acids is 4. The molecule has 0 radical (unpaired) electrons. The van der Waals surface area contributed by atoms with Crippen LogP contribution in [0.25, 0.3) is 0 Å². The van der Waals surface area contributed by atoms with Gasteiger partial charge in [-0.2, -0.15) is 0 Å². The predicted molar refractivity (Wildman–Crippen MR) is 282 cm³/mol. The fourth-order valence-corrected chi connectivity index (χ4v) is 8.82. The van der Waals surface area contributed by atoms with E-state index in [0.29, 0.717) is 19.4 Å². The molecule has 0 aromatic heterocycles. The molecule has 10 heteroatoms. The van der Waals surface area contributed by atoms with Gasteiger partial charge in [-0.05, 0) is 84.2 Å². The number of aliphatic hydroxyl groups is 1. The lowest BCUT2D eigenvalue weighted by Crippen LogP contribution is -2.44. The molecular formula is C58H111NO9. The van der Waals surface area contributed by atoms with Crippen LogP contribution < -0.4 is 0 Å². The van der Waals surface area contributed by atoms with Gasteiger partial charge in [-0.1, -0.05) is 207 Å². The van der Waals surface area contributed by atoms with E-state index in [1.165, 1.54) is 122 Å². The molecule has 0 aromatic carbocycles. The highest BCUT2D eigenvalue weighted by Crippen LogP contribution is 2.24. The molecule has 0 atom stereocenters. The van der Waals surface area contributed by atoms with Crippen LogP contribution in [0.3, 0.4) is 0 Å². The highest BCUT2D eigenvalue weighted by atomic mass is 16.6. The van der Waals surface area contributed by atoms with Gasteiger partial charge in [0, 0.05) is 19.4 Å². The first kappa shape index (κ1) is 65.8. The summed E-state index contributed by atoms with van der Waals surface area (Å²) >= 11 is 0. The van der Waals surface area contributed by atoms with Crippen molar-refractivity contribution in [3.63, 3.8) is 0 Å². The van der Waals surface area contributed by atoms with Crippen molar-refractivity contribution in [2.45, 2.75) is 298 Å². The summed E-state index contributed by atoms with van der Waals surface area (Å²) in [5.41, 5.74) is -1.71. The summed E-state index contributed by atoms with van der Waals surface area (Å²) in [5, 5.41) is 9.71. The molecule has 0 rings (SSSR count). The Hall–Kier alpha value is -2.20. The SMILES string of the molecule is CCCCCCCCCCC(CCCCCCCCCC)OC(=O)CCCCCCCN(CCO)CCCCCC(=O)OCC(C)(C(=O)OCCCCCCCC)C(=O)OCCCCCCCC. The molecule has 68 heavy (non-hydrogen) atoms. The van der Waals surface area contributed by atoms with E-state index in [1.54, 1.807) is 0 Å². The van der Waals surface area contributed by atoms with Gasteiger partial charge in [0.15, 0.2) is 5.41 Å². The summed E-state index contributed by atoms with van der Waals surface area (Å²) in [6, 6.07) is 0. The Morgan fingerprint density at radius 2 is 0.750 bits per heavy atom. The van der Waals surface area contributed by atoms with E-state index in [0.717, 1.165) is 135 Å². The fraction of sp³-hybridized carbons (Fsp3) is 0.931. The highest BCUT2D eigenvalue weighted by Gasteiger charge is 2.46. The Balaban J connectivity index is 4.61. The molecule has 0 aliphatic heterocycles. The minimum absolute atomic E-state index is 0.0208. The van der Waals surface area contributed by atoms with Crippen molar-refractivity contribution in [2.75, 3.05) is 46.1 Å². The molecule has 402 valence electrons. The van der Waals surface area contributed by atoms with Crippen molar-refractivity contribution in [1.82, 2.24) is 4.90 Å². The van der Waals surface area contributed by atoms with E-state index in [2.05, 4.69) is 32.6 Å². The molecule has 0 unspecified atom stereocenters. The topological polar surface area (TPSA) is 129 Å². The van der Waals surface area contributed by atoms with E-state index >= 15 is 0 Å². The summed E-state index contributed by atoms with van der Waals surface area (Å²) < 4.78 is 22.7. The van der Waals surface area contributed by atoms with Gasteiger partial charge >= 0.3 is 23.9 Å². The van der Waals surface area contributed by atoms with Crippen molar-refractivity contribution in [3.05, 3.63) is 0 Å². The van der Waals surface area contributed by atoms with Crippen LogP contribution in [0.15, 0.2) is 0 Å². The van der Waals surface area contributed by atoms with Gasteiger partial charge in [0.05, 0.1) is 19.8 Å². The Kier molecular flexibility index (Phi) is 48.2. The molecule has 0 aromatic rings. The molecular weight excluding hydrogens is 855 g/mol. The number of rotatable bonds is 53. The molecule has 0 heterocycles. The van der Waals surface area contributed by atoms with E-state index in [4.69, 9.17) is 18.9 Å². The summed E-state index contributed by atoms with van der Waals surface area (Å²) in [7, 11) is 0. The summed E-state index contributed by atoms with van der Waals surface area (Å²) in [5.74, 6) is -1.87. The monoisotopic (exact) mass is 966 g/mol. The average Bonchev–Trinajstić information content (AvgIpc) is 3.33. The largest absolute Gasteiger partial charge is 0.465 e. The number of hydrogen-bond donors (Lipinski definition) is 1. The molecule has 0 aliphatic carbocycles. The van der Waals surface area contributed by atoms with Gasteiger partial charge < -0.3 is 29.0 Å². The normalized spacial score (nSPS) is 11.7. The van der Waals surface area contributed by atoms with Crippen molar-refractivity contribution >= 4 is 23.9 Å². The standard InChI is InChI=1S/C58H111NO9/c1-6-10-14-18-22-24-27-34-42-53(43-35-28-25-23-19-15-11-7-2)68-55(62)45-36-29-26-30-38-46-59(48-49-60)47-39-33-37-44-54(61)67-52-58(5,56(63)65-50-40-31-20-16-12-8-3)57(64)66-51-41-32-21-17-13-9-4/h53,60H,6-52H2,1-5H3. The van der Waals surface area contributed by atoms with E-state index < -0.39 is 29.9 Å². The maximum atomic E-state index is 13.3. The van der Waals surface area contributed by atoms with Crippen molar-refractivity contribution < 1.29 is 43.2 Å². The third kappa shape index (κ3) is 40.5. The maximum Gasteiger partial charge on any atom is 0.326 e. The quantitative estimate of drug-likeness (QED) is 0.0272. The molecule has 0 fully saturated rings. The fourth-order valence-electron chi connectivity index (χ4n) is 8.82. The van der Waals surface area contributed by atoms with Crippen molar-refractivity contribution in [3.8, 4) is 0 Å². The van der Waals surface area contributed by atoms with Crippen molar-refractivity contribution in [2.24, 2.45) is 5.41 Å². The van der Waals surface area contributed by atoms with Crippen LogP contribution in [0.4, 0.5) is 0 Å². The molecule has 0 aliphatic rings. The summed E-state index contributed by atoms with van der Waals surface area (Å²) in [6.07, 6.45) is 43.5. The lowest BCUT2D eigenvalue weighted by Gasteiger charge is -2.25. The number of hydrogen-bond acceptors (Lipinski definition) is 10. The van der Waals surface area contributed by atoms with Crippen LogP contribution in [0.1, 0.15) is 291 Å². The first-order valence-electron chi connectivity index (χ1n) is 29.2. The van der Waals surface area contributed by atoms with Gasteiger partial charge in [0.25, 0.3) is 0 Å². The molecule has 0 saturated heterocycles. The zero-order valence-electron chi connectivity index (χ0n) is 45.5. The Morgan fingerprint density at radius 3 is 1.16 bits per heavy atom. The van der Waals surface area contributed by atoms with Crippen LogP contribution in [0, 0.1) is 5.41 Å². The third-order valence-corrected chi connectivity index (χ3v) is 13.6. The molecule has 0 saturated carbocycles. The average molecular weight is 967 g/mol. The third-order valence-electron chi connectivity index (χ3n) is 13.6. The van der Waals surface area contributed by atoms with Gasteiger partial charge in [-0.3, -0.25) is 19.2 Å². The number of nitrogens with zero attached hydrogens (tertiary/aromatic N) is 1. The van der Waals surface area contributed by atoms with Crippen LogP contribution in [0.5, 0.6) is 0 Å². The second-order valence-corrected chi connectivity index (χ2v) is 20.3. The molecule has 0 spiro atoms. The lowest BCUT2D eigenvalue weighted by molar-refractivity contribution is -0.177. The second kappa shape index (κ2) is 49.8. The van der Waals surface area contributed by atoms with E-state index in [1.807, 2.05) is 0 Å². The summed E-state index contributed by atoms with van der Waals surface area (Å²) in [4.78, 5) is 54.5. The van der Waals surface area contributed by atoms with Crippen LogP contribution >= 0.6 is 0 Å². The van der Waals surface area contributed by atoms with Crippen LogP contribution in [0.2, 0.25) is 0 Å². The number of aliphatic hydroxyl groups excluding tert-OH is 1. The number of ether oxygens (including phenoxy) is 4. The van der Waals surface area contributed by atoms with Crippen LogP contribution in [-0.2, 0) is 38.1 Å². The number of carbonyl (C=O) groups is 4. The minimum Gasteiger partial charge on any atom is -0.465 e. The molecule has 1 N–H and O–H groups in total. The predicted octanol–water partition coefficient (Wildman–Crippen LogP) is 15.5. The van der Waals surface area contributed by atoms with Gasteiger partial charge in [0.2, 0.25) is 0 Å². The highest BCUT2D eigenvalue weighted by molar-refractivity contribution is 6.00. The number of unbranched alkanes of at least 4 members (excludes halogenated alkanes) is 30. The Morgan fingerprint density at radius 1 is 0.412 bits per heavy atom. The van der Waals surface area contributed by atoms with Gasteiger partial charge in [-0.15, -0.1) is 0 Å². The Bertz CT molecular complexity index is 1100. The minimum atomic E-state index is -1.71. The smallest absolute Gasteiger partial charge is 0.326 e. The van der Waals surface area contributed by atoms with Crippen LogP contribution in [-0.4, -0.2) is 86.0 Å². The van der Waals surface area contributed by atoms with Gasteiger partial charge in [0.1, 0.15) is 12.7 Å². The molecule has 10 nitrogen and oxygen atoms in total. The second-order valence-electron chi connectivity index (χ2n) is 20.3. The van der Waals surface area contributed by atoms with E-state index in [9.17, 15) is 24.3 Å². The van der Waals surface area contributed by atoms with Gasteiger partial charge in [-0.25, -0.2) is 0 Å². The molecule has 0 bridgehead atoms. The van der Waals surface area contributed by atoms with Crippen molar-refractivity contribution in [1.29, 1.82) is 0 Å². The first-order valence-corrected chi connectivity index (χ1v) is 29.2. The zero-order valence-corrected chi connectivity index (χ0v) is 45.5. The summed E-state index contributed by atoms with van der Waals surface area (Å²) in [6.45, 7) is 12.9. The first-order chi connectivity index (χ1) is 33.2. The molecule has 0 amide bonds. The number of esters is 4. The Labute approximate surface area is 419 Å². The van der Waals surface area contributed by atoms with E-state index in [-0.39, 0.29) is 38.3 Å². The maximum absolute atomic E-state index is 13.3. The zero-order chi connectivity index (χ0) is 50.0.